The van der Waals surface area contributed by atoms with Gasteiger partial charge in [-0.25, -0.2) is 21.2 Å². The molecule has 0 amide bonds. The highest BCUT2D eigenvalue weighted by molar-refractivity contribution is 8.31. The molecule has 0 atom stereocenters. The van der Waals surface area contributed by atoms with Crippen molar-refractivity contribution in [1.82, 2.24) is 0 Å². The monoisotopic (exact) mass is 382 g/mol. The molecule has 0 aliphatic heterocycles. The molecule has 6 nitrogen and oxygen atoms in total. The van der Waals surface area contributed by atoms with Gasteiger partial charge in [-0.3, -0.25) is 0 Å². The van der Waals surface area contributed by atoms with Crippen LogP contribution in [0.15, 0.2) is 46.2 Å². The molecule has 9 heteroatoms. The van der Waals surface area contributed by atoms with Crippen LogP contribution < -0.4 is 0 Å². The average molecular weight is 382 g/mol. The number of halogens is 1. The van der Waals surface area contributed by atoms with Gasteiger partial charge in [0.25, 0.3) is 19.7 Å². The van der Waals surface area contributed by atoms with Crippen molar-refractivity contribution in [3.8, 4) is 0 Å². The number of sulfone groups is 2. The van der Waals surface area contributed by atoms with Crippen LogP contribution in [0.3, 0.4) is 0 Å². The van der Waals surface area contributed by atoms with Crippen LogP contribution in [0, 0.1) is 26.6 Å². The SMILES string of the molecule is Cc1cc(C)c(S(=O)(=O)C(=[N+]=[N-])S(=O)(=O)c2ccccc2F)c(C)c1. The van der Waals surface area contributed by atoms with Gasteiger partial charge in [0.2, 0.25) is 0 Å². The van der Waals surface area contributed by atoms with E-state index in [0.717, 1.165) is 17.7 Å². The fourth-order valence-corrected chi connectivity index (χ4v) is 6.49. The Morgan fingerprint density at radius 2 is 1.48 bits per heavy atom. The summed E-state index contributed by atoms with van der Waals surface area (Å²) in [5, 5.41) is 0. The number of rotatable bonds is 2. The molecule has 25 heavy (non-hydrogen) atoms. The number of nitrogens with zero attached hydrogens (tertiary/aromatic N) is 2. The summed E-state index contributed by atoms with van der Waals surface area (Å²) in [5.74, 6) is -1.14. The van der Waals surface area contributed by atoms with Gasteiger partial charge in [0.05, 0.1) is 4.90 Å². The zero-order valence-corrected chi connectivity index (χ0v) is 15.3. The molecular formula is C16H15FN2O4S2. The van der Waals surface area contributed by atoms with E-state index in [1.54, 1.807) is 19.1 Å². The second-order valence-corrected chi connectivity index (χ2v) is 9.42. The van der Waals surface area contributed by atoms with E-state index in [2.05, 4.69) is 4.79 Å². The zero-order valence-electron chi connectivity index (χ0n) is 13.7. The van der Waals surface area contributed by atoms with E-state index in [1.165, 1.54) is 26.0 Å². The minimum Gasteiger partial charge on any atom is -0.359 e. The largest absolute Gasteiger partial charge is 0.504 e. The van der Waals surface area contributed by atoms with Crippen molar-refractivity contribution >= 4 is 24.1 Å². The van der Waals surface area contributed by atoms with E-state index in [4.69, 9.17) is 5.53 Å². The Labute approximate surface area is 145 Å². The fourth-order valence-electron chi connectivity index (χ4n) is 2.69. The highest BCUT2D eigenvalue weighted by atomic mass is 32.3. The van der Waals surface area contributed by atoms with E-state index in [0.29, 0.717) is 11.1 Å². The van der Waals surface area contributed by atoms with Crippen molar-refractivity contribution in [2.45, 2.75) is 30.6 Å². The molecule has 0 bridgehead atoms. The molecule has 0 aromatic heterocycles. The van der Waals surface area contributed by atoms with Crippen LogP contribution in [0.1, 0.15) is 16.7 Å². The van der Waals surface area contributed by atoms with Crippen molar-refractivity contribution in [1.29, 1.82) is 0 Å². The van der Waals surface area contributed by atoms with Gasteiger partial charge in [0.1, 0.15) is 10.7 Å². The van der Waals surface area contributed by atoms with Crippen LogP contribution in [-0.2, 0) is 19.7 Å². The first kappa shape index (κ1) is 19.0. The van der Waals surface area contributed by atoms with E-state index in [-0.39, 0.29) is 4.90 Å². The second kappa shape index (κ2) is 6.51. The standard InChI is InChI=1S/C16H15FN2O4S2/c1-10-8-11(2)15(12(3)9-10)25(22,23)16(19-18)24(20,21)14-7-5-4-6-13(14)17/h4-9H,1-3H3. The minimum atomic E-state index is -4.89. The van der Waals surface area contributed by atoms with Crippen molar-refractivity contribution in [2.75, 3.05) is 0 Å². The summed E-state index contributed by atoms with van der Waals surface area (Å²) in [7, 11) is -9.60. The van der Waals surface area contributed by atoms with Gasteiger partial charge in [-0.05, 0) is 44.0 Å². The van der Waals surface area contributed by atoms with Gasteiger partial charge >= 0.3 is 4.38 Å². The Hall–Kier alpha value is -2.35. The van der Waals surface area contributed by atoms with Gasteiger partial charge in [-0.2, -0.15) is 0 Å². The van der Waals surface area contributed by atoms with Crippen LogP contribution in [0.5, 0.6) is 0 Å². The smallest absolute Gasteiger partial charge is 0.359 e. The molecule has 2 aromatic carbocycles. The summed E-state index contributed by atoms with van der Waals surface area (Å²) in [6, 6.07) is 7.39. The molecular weight excluding hydrogens is 367 g/mol. The third-order valence-corrected chi connectivity index (χ3v) is 8.03. The van der Waals surface area contributed by atoms with E-state index in [9.17, 15) is 21.2 Å². The molecule has 132 valence electrons. The van der Waals surface area contributed by atoms with Crippen molar-refractivity contribution in [3.05, 3.63) is 64.4 Å². The molecule has 2 aromatic rings. The quantitative estimate of drug-likeness (QED) is 0.344. The van der Waals surface area contributed by atoms with Gasteiger partial charge in [0.15, 0.2) is 0 Å². The Kier molecular flexibility index (Phi) is 4.94. The molecule has 0 saturated carbocycles. The van der Waals surface area contributed by atoms with Crippen LogP contribution in [0.4, 0.5) is 4.39 Å². The van der Waals surface area contributed by atoms with Gasteiger partial charge < -0.3 is 5.53 Å². The first-order valence-electron chi connectivity index (χ1n) is 7.08. The maximum atomic E-state index is 13.9. The number of hydrogen-bond acceptors (Lipinski definition) is 4. The molecule has 0 fully saturated rings. The van der Waals surface area contributed by atoms with Gasteiger partial charge in [-0.1, -0.05) is 29.8 Å². The maximum Gasteiger partial charge on any atom is 0.504 e. The van der Waals surface area contributed by atoms with Crippen LogP contribution in [0.25, 0.3) is 5.53 Å². The Bertz CT molecular complexity index is 1090. The normalized spacial score (nSPS) is 11.8. The average Bonchev–Trinajstić information content (AvgIpc) is 2.45. The topological polar surface area (TPSA) is 105 Å². The molecule has 0 aliphatic rings. The van der Waals surface area contributed by atoms with Crippen molar-refractivity contribution in [3.63, 3.8) is 0 Å². The molecule has 2 rings (SSSR count). The lowest BCUT2D eigenvalue weighted by Gasteiger charge is -2.10. The summed E-state index contributed by atoms with van der Waals surface area (Å²) < 4.78 is 63.2. The predicted molar refractivity (Wildman–Crippen MR) is 90.1 cm³/mol. The van der Waals surface area contributed by atoms with Crippen molar-refractivity contribution < 1.29 is 26.0 Å². The molecule has 0 radical (unpaired) electrons. The van der Waals surface area contributed by atoms with Crippen LogP contribution in [-0.4, -0.2) is 26.0 Å². The summed E-state index contributed by atoms with van der Waals surface area (Å²) in [6.07, 6.45) is 0. The zero-order chi connectivity index (χ0) is 19.0. The van der Waals surface area contributed by atoms with Gasteiger partial charge in [-0.15, -0.1) is 4.79 Å². The van der Waals surface area contributed by atoms with Crippen LogP contribution in [0.2, 0.25) is 0 Å². The molecule has 0 aliphatic carbocycles. The minimum absolute atomic E-state index is 0.286. The van der Waals surface area contributed by atoms with Crippen LogP contribution >= 0.6 is 0 Å². The molecule has 0 saturated heterocycles. The highest BCUT2D eigenvalue weighted by Crippen LogP contribution is 2.27. The van der Waals surface area contributed by atoms with Crippen molar-refractivity contribution in [2.24, 2.45) is 0 Å². The lowest BCUT2D eigenvalue weighted by Crippen LogP contribution is -2.28. The highest BCUT2D eigenvalue weighted by Gasteiger charge is 2.46. The van der Waals surface area contributed by atoms with E-state index >= 15 is 0 Å². The third-order valence-electron chi connectivity index (χ3n) is 3.54. The summed E-state index contributed by atoms with van der Waals surface area (Å²) in [5.41, 5.74) is 10.5. The fraction of sp³-hybridized carbons (Fsp3) is 0.188. The van der Waals surface area contributed by atoms with E-state index in [1.807, 2.05) is 0 Å². The Morgan fingerprint density at radius 3 is 1.96 bits per heavy atom. The Morgan fingerprint density at radius 1 is 0.960 bits per heavy atom. The first-order chi connectivity index (χ1) is 11.5. The first-order valence-corrected chi connectivity index (χ1v) is 10.0. The number of aryl methyl sites for hydroxylation is 3. The Balaban J connectivity index is 2.79. The molecule has 0 N–H and O–H groups in total. The predicted octanol–water partition coefficient (Wildman–Crippen LogP) is 2.58. The summed E-state index contributed by atoms with van der Waals surface area (Å²) in [6.45, 7) is 4.75. The molecule has 0 heterocycles. The van der Waals surface area contributed by atoms with Gasteiger partial charge in [0, 0.05) is 0 Å². The summed E-state index contributed by atoms with van der Waals surface area (Å²) in [4.78, 5) is 1.34. The summed E-state index contributed by atoms with van der Waals surface area (Å²) >= 11 is 0. The lowest BCUT2D eigenvalue weighted by molar-refractivity contribution is 0.00377. The number of benzene rings is 2. The lowest BCUT2D eigenvalue weighted by atomic mass is 10.1. The van der Waals surface area contributed by atoms with E-state index < -0.39 is 34.8 Å². The maximum absolute atomic E-state index is 13.9. The molecule has 0 unspecified atom stereocenters. The second-order valence-electron chi connectivity index (χ2n) is 5.53. The third kappa shape index (κ3) is 3.26. The number of hydrogen-bond donors (Lipinski definition) is 0. The molecule has 0 spiro atoms.